The van der Waals surface area contributed by atoms with Crippen molar-refractivity contribution in [2.45, 2.75) is 19.3 Å². The number of hydrogen-bond donors (Lipinski definition) is 0. The van der Waals surface area contributed by atoms with Crippen LogP contribution >= 0.6 is 11.3 Å². The van der Waals surface area contributed by atoms with Crippen molar-refractivity contribution < 1.29 is 0 Å². The van der Waals surface area contributed by atoms with Crippen LogP contribution in [0.5, 0.6) is 0 Å². The minimum Gasteiger partial charge on any atom is -0.198 e. The Balaban J connectivity index is 1.90. The molecule has 1 heterocycles. The molecule has 0 radical (unpaired) electrons. The van der Waals surface area contributed by atoms with Gasteiger partial charge in [-0.3, -0.25) is 0 Å². The molecule has 1 aromatic carbocycles. The molecule has 3 rings (SSSR count). The second kappa shape index (κ2) is 4.01. The highest BCUT2D eigenvalue weighted by atomic mass is 32.1. The van der Waals surface area contributed by atoms with Gasteiger partial charge in [0.25, 0.3) is 0 Å². The number of fused-ring (bicyclic) bond motifs is 1. The fourth-order valence-electron chi connectivity index (χ4n) is 2.72. The minimum absolute atomic E-state index is 0.218. The summed E-state index contributed by atoms with van der Waals surface area (Å²) in [7, 11) is 0. The van der Waals surface area contributed by atoms with Gasteiger partial charge in [0.15, 0.2) is 0 Å². The zero-order valence-electron chi connectivity index (χ0n) is 9.52. The molecule has 0 unspecified atom stereocenters. The molecule has 0 atom stereocenters. The van der Waals surface area contributed by atoms with E-state index in [0.29, 0.717) is 0 Å². The average Bonchev–Trinajstić information content (AvgIpc) is 2.96. The van der Waals surface area contributed by atoms with E-state index in [4.69, 9.17) is 0 Å². The highest BCUT2D eigenvalue weighted by Gasteiger charge is 2.37. The van der Waals surface area contributed by atoms with Gasteiger partial charge in [-0.2, -0.15) is 16.6 Å². The van der Waals surface area contributed by atoms with E-state index < -0.39 is 0 Å². The molecule has 84 valence electrons. The normalized spacial score (nSPS) is 16.4. The lowest BCUT2D eigenvalue weighted by Gasteiger charge is -2.19. The first-order chi connectivity index (χ1) is 8.31. The van der Waals surface area contributed by atoms with Crippen LogP contribution in [0.3, 0.4) is 0 Å². The second-order valence-corrected chi connectivity index (χ2v) is 5.60. The lowest BCUT2D eigenvalue weighted by Crippen LogP contribution is -2.21. The van der Waals surface area contributed by atoms with Crippen molar-refractivity contribution in [1.82, 2.24) is 0 Å². The highest BCUT2D eigenvalue weighted by Crippen LogP contribution is 2.39. The van der Waals surface area contributed by atoms with Crippen LogP contribution in [-0.4, -0.2) is 0 Å². The molecule has 1 aromatic heterocycles. The lowest BCUT2D eigenvalue weighted by atomic mass is 9.81. The quantitative estimate of drug-likeness (QED) is 0.785. The molecule has 0 fully saturated rings. The summed E-state index contributed by atoms with van der Waals surface area (Å²) in [6.45, 7) is 0. The van der Waals surface area contributed by atoms with Crippen LogP contribution in [0.25, 0.3) is 0 Å². The van der Waals surface area contributed by atoms with Gasteiger partial charge in [0.1, 0.15) is 0 Å². The Morgan fingerprint density at radius 3 is 2.41 bits per heavy atom. The SMILES string of the molecule is N#CC1(Cc2ccsc2)Cc2ccccc2C1. The van der Waals surface area contributed by atoms with E-state index in [9.17, 15) is 5.26 Å². The average molecular weight is 239 g/mol. The first-order valence-corrected chi connectivity index (χ1v) is 6.75. The Morgan fingerprint density at radius 2 is 1.88 bits per heavy atom. The maximum Gasteiger partial charge on any atom is 0.0700 e. The Labute approximate surface area is 105 Å². The zero-order chi connectivity index (χ0) is 11.7. The predicted molar refractivity (Wildman–Crippen MR) is 69.9 cm³/mol. The summed E-state index contributed by atoms with van der Waals surface area (Å²) in [4.78, 5) is 0. The lowest BCUT2D eigenvalue weighted by molar-refractivity contribution is 0.419. The molecule has 1 aliphatic rings. The number of nitriles is 1. The van der Waals surface area contributed by atoms with E-state index in [2.05, 4.69) is 47.2 Å². The first-order valence-electron chi connectivity index (χ1n) is 5.80. The summed E-state index contributed by atoms with van der Waals surface area (Å²) in [6.07, 6.45) is 2.67. The molecule has 0 bridgehead atoms. The summed E-state index contributed by atoms with van der Waals surface area (Å²) < 4.78 is 0. The molecule has 0 saturated heterocycles. The Bertz CT molecular complexity index is 532. The van der Waals surface area contributed by atoms with Crippen molar-refractivity contribution in [3.8, 4) is 6.07 Å². The Hall–Kier alpha value is -1.59. The molecular weight excluding hydrogens is 226 g/mol. The van der Waals surface area contributed by atoms with E-state index in [1.165, 1.54) is 16.7 Å². The third kappa shape index (κ3) is 1.87. The van der Waals surface area contributed by atoms with Gasteiger partial charge < -0.3 is 0 Å². The third-order valence-electron chi connectivity index (χ3n) is 3.54. The van der Waals surface area contributed by atoms with Crippen LogP contribution in [0, 0.1) is 16.7 Å². The Kier molecular flexibility index (Phi) is 2.49. The van der Waals surface area contributed by atoms with Gasteiger partial charge in [0, 0.05) is 0 Å². The molecule has 0 spiro atoms. The fraction of sp³-hybridized carbons (Fsp3) is 0.267. The standard InChI is InChI=1S/C15H13NS/c16-11-15(7-12-5-6-17-10-12)8-13-3-1-2-4-14(13)9-15/h1-6,10H,7-9H2. The fourth-order valence-corrected chi connectivity index (χ4v) is 3.39. The maximum absolute atomic E-state index is 9.54. The van der Waals surface area contributed by atoms with Gasteiger partial charge in [-0.1, -0.05) is 24.3 Å². The van der Waals surface area contributed by atoms with Crippen LogP contribution in [0.4, 0.5) is 0 Å². The summed E-state index contributed by atoms with van der Waals surface area (Å²) >= 11 is 1.71. The van der Waals surface area contributed by atoms with Crippen molar-refractivity contribution in [1.29, 1.82) is 5.26 Å². The summed E-state index contributed by atoms with van der Waals surface area (Å²) in [5.41, 5.74) is 3.78. The second-order valence-electron chi connectivity index (χ2n) is 4.82. The predicted octanol–water partition coefficient (Wildman–Crippen LogP) is 3.60. The molecule has 1 nitrogen and oxygen atoms in total. The molecule has 0 saturated carbocycles. The monoisotopic (exact) mass is 239 g/mol. The minimum atomic E-state index is -0.218. The maximum atomic E-state index is 9.54. The topological polar surface area (TPSA) is 23.8 Å². The number of thiophene rings is 1. The summed E-state index contributed by atoms with van der Waals surface area (Å²) in [6, 6.07) is 13.1. The van der Waals surface area contributed by atoms with E-state index in [0.717, 1.165) is 19.3 Å². The van der Waals surface area contributed by atoms with Crippen molar-refractivity contribution in [3.63, 3.8) is 0 Å². The largest absolute Gasteiger partial charge is 0.198 e. The molecule has 0 aliphatic heterocycles. The molecule has 1 aliphatic carbocycles. The highest BCUT2D eigenvalue weighted by molar-refractivity contribution is 7.07. The van der Waals surface area contributed by atoms with Crippen molar-refractivity contribution in [2.75, 3.05) is 0 Å². The van der Waals surface area contributed by atoms with Gasteiger partial charge >= 0.3 is 0 Å². The smallest absolute Gasteiger partial charge is 0.0700 e. The van der Waals surface area contributed by atoms with E-state index in [1.54, 1.807) is 11.3 Å². The van der Waals surface area contributed by atoms with E-state index in [1.807, 2.05) is 0 Å². The van der Waals surface area contributed by atoms with E-state index >= 15 is 0 Å². The van der Waals surface area contributed by atoms with Crippen LogP contribution in [0.1, 0.15) is 16.7 Å². The summed E-state index contributed by atoms with van der Waals surface area (Å²) in [5.74, 6) is 0. The molecule has 2 aromatic rings. The van der Waals surface area contributed by atoms with E-state index in [-0.39, 0.29) is 5.41 Å². The number of benzene rings is 1. The van der Waals surface area contributed by atoms with Gasteiger partial charge in [-0.05, 0) is 52.8 Å². The number of nitrogens with zero attached hydrogens (tertiary/aromatic N) is 1. The molecule has 2 heteroatoms. The van der Waals surface area contributed by atoms with Crippen molar-refractivity contribution in [2.24, 2.45) is 5.41 Å². The zero-order valence-corrected chi connectivity index (χ0v) is 10.3. The van der Waals surface area contributed by atoms with Gasteiger partial charge in [0.05, 0.1) is 11.5 Å². The molecule has 17 heavy (non-hydrogen) atoms. The molecule has 0 N–H and O–H groups in total. The molecular formula is C15H13NS. The Morgan fingerprint density at radius 1 is 1.18 bits per heavy atom. The van der Waals surface area contributed by atoms with Crippen LogP contribution in [0.15, 0.2) is 41.1 Å². The van der Waals surface area contributed by atoms with Crippen LogP contribution in [-0.2, 0) is 19.3 Å². The number of hydrogen-bond acceptors (Lipinski definition) is 2. The summed E-state index contributed by atoms with van der Waals surface area (Å²) in [5, 5.41) is 13.8. The van der Waals surface area contributed by atoms with Gasteiger partial charge in [-0.25, -0.2) is 0 Å². The number of rotatable bonds is 2. The third-order valence-corrected chi connectivity index (χ3v) is 4.27. The van der Waals surface area contributed by atoms with Crippen LogP contribution in [0.2, 0.25) is 0 Å². The van der Waals surface area contributed by atoms with Gasteiger partial charge in [-0.15, -0.1) is 0 Å². The first kappa shape index (κ1) is 10.6. The van der Waals surface area contributed by atoms with Gasteiger partial charge in [0.2, 0.25) is 0 Å². The van der Waals surface area contributed by atoms with Crippen LogP contribution < -0.4 is 0 Å². The van der Waals surface area contributed by atoms with Crippen molar-refractivity contribution >= 4 is 11.3 Å². The molecule has 0 amide bonds. The van der Waals surface area contributed by atoms with Crippen molar-refractivity contribution in [3.05, 3.63) is 57.8 Å².